The molecule has 2 amide bonds. The van der Waals surface area contributed by atoms with Crippen LogP contribution in [0.1, 0.15) is 37.9 Å². The van der Waals surface area contributed by atoms with Gasteiger partial charge < -0.3 is 15.6 Å². The molecule has 0 radical (unpaired) electrons. The Labute approximate surface area is 160 Å². The van der Waals surface area contributed by atoms with E-state index in [2.05, 4.69) is 15.5 Å². The van der Waals surface area contributed by atoms with Crippen LogP contribution >= 0.6 is 23.4 Å². The number of primary amides is 1. The van der Waals surface area contributed by atoms with Crippen LogP contribution in [0.3, 0.4) is 0 Å². The second-order valence-electron chi connectivity index (χ2n) is 6.24. The summed E-state index contributed by atoms with van der Waals surface area (Å²) in [7, 11) is 0. The lowest BCUT2D eigenvalue weighted by molar-refractivity contribution is -0.118. The number of rotatable bonds is 8. The Morgan fingerprint density at radius 2 is 2.19 bits per heavy atom. The summed E-state index contributed by atoms with van der Waals surface area (Å²) in [6, 6.07) is 6.99. The number of nitrogens with zero attached hydrogens (tertiary/aromatic N) is 3. The van der Waals surface area contributed by atoms with Crippen LogP contribution in [0.5, 0.6) is 0 Å². The molecule has 26 heavy (non-hydrogen) atoms. The molecule has 1 aromatic carbocycles. The number of carbonyl (C=O) groups excluding carboxylic acids is 2. The summed E-state index contributed by atoms with van der Waals surface area (Å²) in [4.78, 5) is 23.6. The Kier molecular flexibility index (Phi) is 5.83. The molecule has 0 spiro atoms. The number of benzene rings is 1. The summed E-state index contributed by atoms with van der Waals surface area (Å²) < 4.78 is 1.91. The molecule has 9 heteroatoms. The summed E-state index contributed by atoms with van der Waals surface area (Å²) in [5, 5.41) is 12.1. The molecule has 1 aromatic heterocycles. The van der Waals surface area contributed by atoms with E-state index in [-0.39, 0.29) is 18.2 Å². The quantitative estimate of drug-likeness (QED) is 0.671. The SMILES string of the molecule is C[C@H](Sc1nnc(C2CC2)n1CCC(N)=O)C(=O)Nc1cccc(Cl)c1. The van der Waals surface area contributed by atoms with Crippen LogP contribution < -0.4 is 11.1 Å². The summed E-state index contributed by atoms with van der Waals surface area (Å²) in [5.41, 5.74) is 5.92. The highest BCUT2D eigenvalue weighted by atomic mass is 35.5. The molecule has 138 valence electrons. The Morgan fingerprint density at radius 1 is 1.42 bits per heavy atom. The van der Waals surface area contributed by atoms with Crippen LogP contribution in [0.4, 0.5) is 5.69 Å². The third kappa shape index (κ3) is 4.76. The van der Waals surface area contributed by atoms with Crippen LogP contribution in [0.25, 0.3) is 0 Å². The summed E-state index contributed by atoms with van der Waals surface area (Å²) in [6.45, 7) is 2.23. The van der Waals surface area contributed by atoms with E-state index in [1.165, 1.54) is 11.8 Å². The number of hydrogen-bond donors (Lipinski definition) is 2. The van der Waals surface area contributed by atoms with Crippen molar-refractivity contribution >= 4 is 40.9 Å². The number of nitrogens with two attached hydrogens (primary N) is 1. The molecular formula is C17H20ClN5O2S. The van der Waals surface area contributed by atoms with Gasteiger partial charge in [0.15, 0.2) is 5.16 Å². The van der Waals surface area contributed by atoms with Crippen molar-refractivity contribution in [2.75, 3.05) is 5.32 Å². The maximum Gasteiger partial charge on any atom is 0.237 e. The van der Waals surface area contributed by atoms with E-state index < -0.39 is 5.25 Å². The smallest absolute Gasteiger partial charge is 0.237 e. The highest BCUT2D eigenvalue weighted by molar-refractivity contribution is 8.00. The van der Waals surface area contributed by atoms with Crippen molar-refractivity contribution in [3.8, 4) is 0 Å². The van der Waals surface area contributed by atoms with E-state index in [0.29, 0.717) is 28.3 Å². The lowest BCUT2D eigenvalue weighted by atomic mass is 10.3. The molecule has 1 aliphatic rings. The molecule has 0 saturated heterocycles. The van der Waals surface area contributed by atoms with Gasteiger partial charge in [-0.05, 0) is 38.0 Å². The second kappa shape index (κ2) is 8.09. The molecular weight excluding hydrogens is 374 g/mol. The molecule has 2 aromatic rings. The number of aromatic nitrogens is 3. The van der Waals surface area contributed by atoms with Gasteiger partial charge in [-0.1, -0.05) is 29.4 Å². The molecule has 1 aliphatic carbocycles. The predicted molar refractivity (Wildman–Crippen MR) is 101 cm³/mol. The molecule has 1 fully saturated rings. The van der Waals surface area contributed by atoms with Crippen LogP contribution in [-0.4, -0.2) is 31.8 Å². The van der Waals surface area contributed by atoms with E-state index >= 15 is 0 Å². The third-order valence-corrected chi connectivity index (χ3v) is 5.33. The van der Waals surface area contributed by atoms with Crippen molar-refractivity contribution in [3.05, 3.63) is 35.1 Å². The van der Waals surface area contributed by atoms with Crippen LogP contribution in [0, 0.1) is 0 Å². The topological polar surface area (TPSA) is 103 Å². The fourth-order valence-electron chi connectivity index (χ4n) is 2.48. The largest absolute Gasteiger partial charge is 0.370 e. The van der Waals surface area contributed by atoms with Gasteiger partial charge >= 0.3 is 0 Å². The highest BCUT2D eigenvalue weighted by Crippen LogP contribution is 2.40. The lowest BCUT2D eigenvalue weighted by Gasteiger charge is -2.13. The average molecular weight is 394 g/mol. The zero-order chi connectivity index (χ0) is 18.7. The average Bonchev–Trinajstić information content (AvgIpc) is 3.35. The molecule has 1 saturated carbocycles. The van der Waals surface area contributed by atoms with Crippen molar-refractivity contribution in [2.45, 2.75) is 49.1 Å². The van der Waals surface area contributed by atoms with Crippen molar-refractivity contribution in [1.82, 2.24) is 14.8 Å². The molecule has 0 aliphatic heterocycles. The Hall–Kier alpha value is -2.06. The molecule has 1 atom stereocenters. The van der Waals surface area contributed by atoms with Crippen molar-refractivity contribution in [3.63, 3.8) is 0 Å². The third-order valence-electron chi connectivity index (χ3n) is 4.01. The first kappa shape index (κ1) is 18.7. The van der Waals surface area contributed by atoms with Crippen LogP contribution in [-0.2, 0) is 16.1 Å². The van der Waals surface area contributed by atoms with Gasteiger partial charge in [-0.3, -0.25) is 9.59 Å². The van der Waals surface area contributed by atoms with E-state index in [1.54, 1.807) is 31.2 Å². The predicted octanol–water partition coefficient (Wildman–Crippen LogP) is 2.80. The molecule has 3 rings (SSSR count). The fraction of sp³-hybridized carbons (Fsp3) is 0.412. The van der Waals surface area contributed by atoms with Gasteiger partial charge in [0.25, 0.3) is 0 Å². The van der Waals surface area contributed by atoms with Gasteiger partial charge in [0.05, 0.1) is 5.25 Å². The summed E-state index contributed by atoms with van der Waals surface area (Å²) in [6.07, 6.45) is 2.36. The number of thioether (sulfide) groups is 1. The molecule has 0 unspecified atom stereocenters. The Bertz CT molecular complexity index is 821. The Morgan fingerprint density at radius 3 is 2.85 bits per heavy atom. The number of carbonyl (C=O) groups is 2. The summed E-state index contributed by atoms with van der Waals surface area (Å²) >= 11 is 7.25. The zero-order valence-electron chi connectivity index (χ0n) is 14.3. The number of amides is 2. The lowest BCUT2D eigenvalue weighted by Crippen LogP contribution is -2.23. The fourth-order valence-corrected chi connectivity index (χ4v) is 3.56. The number of nitrogens with one attached hydrogen (secondary N) is 1. The normalized spacial score (nSPS) is 14.8. The molecule has 0 bridgehead atoms. The second-order valence-corrected chi connectivity index (χ2v) is 7.99. The highest BCUT2D eigenvalue weighted by Gasteiger charge is 2.31. The maximum atomic E-state index is 12.5. The Balaban J connectivity index is 1.68. The minimum absolute atomic E-state index is 0.158. The van der Waals surface area contributed by atoms with Gasteiger partial charge in [-0.15, -0.1) is 10.2 Å². The molecule has 1 heterocycles. The van der Waals surface area contributed by atoms with E-state index in [9.17, 15) is 9.59 Å². The monoisotopic (exact) mass is 393 g/mol. The van der Waals surface area contributed by atoms with Crippen LogP contribution in [0.2, 0.25) is 5.02 Å². The van der Waals surface area contributed by atoms with Crippen molar-refractivity contribution < 1.29 is 9.59 Å². The van der Waals surface area contributed by atoms with Gasteiger partial charge in [0.2, 0.25) is 11.8 Å². The van der Waals surface area contributed by atoms with Gasteiger partial charge in [-0.2, -0.15) is 0 Å². The van der Waals surface area contributed by atoms with Gasteiger partial charge in [0, 0.05) is 29.6 Å². The maximum absolute atomic E-state index is 12.5. The molecule has 3 N–H and O–H groups in total. The number of hydrogen-bond acceptors (Lipinski definition) is 5. The van der Waals surface area contributed by atoms with Crippen molar-refractivity contribution in [2.24, 2.45) is 5.73 Å². The van der Waals surface area contributed by atoms with Gasteiger partial charge in [-0.25, -0.2) is 0 Å². The zero-order valence-corrected chi connectivity index (χ0v) is 15.9. The van der Waals surface area contributed by atoms with Crippen molar-refractivity contribution in [1.29, 1.82) is 0 Å². The minimum Gasteiger partial charge on any atom is -0.370 e. The standard InChI is InChI=1S/C17H20ClN5O2S/c1-10(16(25)20-13-4-2-3-12(18)9-13)26-17-22-21-15(11-5-6-11)23(17)8-7-14(19)24/h2-4,9-11H,5-8H2,1H3,(H2,19,24)(H,20,25)/t10-/m0/s1. The van der Waals surface area contributed by atoms with Gasteiger partial charge in [0.1, 0.15) is 5.82 Å². The number of halogens is 1. The number of anilines is 1. The van der Waals surface area contributed by atoms with Crippen LogP contribution in [0.15, 0.2) is 29.4 Å². The molecule has 7 nitrogen and oxygen atoms in total. The van der Waals surface area contributed by atoms with E-state index in [4.69, 9.17) is 17.3 Å². The first-order chi connectivity index (χ1) is 12.4. The minimum atomic E-state index is -0.391. The van der Waals surface area contributed by atoms with E-state index in [1.807, 2.05) is 4.57 Å². The summed E-state index contributed by atoms with van der Waals surface area (Å²) in [5.74, 6) is 0.731. The first-order valence-electron chi connectivity index (χ1n) is 8.38. The first-order valence-corrected chi connectivity index (χ1v) is 9.64. The van der Waals surface area contributed by atoms with E-state index in [0.717, 1.165) is 18.7 Å².